The summed E-state index contributed by atoms with van der Waals surface area (Å²) >= 11 is 12.7. The minimum absolute atomic E-state index is 0.0443. The van der Waals surface area contributed by atoms with Gasteiger partial charge in [-0.25, -0.2) is 13.2 Å². The number of amides is 1. The molecular weight excluding hydrogens is 519 g/mol. The average Bonchev–Trinajstić information content (AvgIpc) is 3.49. The highest BCUT2D eigenvalue weighted by Crippen LogP contribution is 2.49. The van der Waals surface area contributed by atoms with Gasteiger partial charge in [0.25, 0.3) is 15.9 Å². The third-order valence-electron chi connectivity index (χ3n) is 6.75. The maximum atomic E-state index is 12.6. The molecule has 0 aliphatic heterocycles. The zero-order valence-corrected chi connectivity index (χ0v) is 21.9. The maximum absolute atomic E-state index is 12.6. The summed E-state index contributed by atoms with van der Waals surface area (Å²) in [6, 6.07) is 7.02. The number of ether oxygens (including phenoxy) is 1. The molecular formula is C23H26Cl2N2O5S2. The summed E-state index contributed by atoms with van der Waals surface area (Å²) in [4.78, 5) is 25.0. The van der Waals surface area contributed by atoms with Crippen LogP contribution >= 0.6 is 34.5 Å². The lowest BCUT2D eigenvalue weighted by Crippen LogP contribution is -2.45. The number of fused-ring (bicyclic) bond motifs is 2. The van der Waals surface area contributed by atoms with E-state index in [1.165, 1.54) is 49.6 Å². The van der Waals surface area contributed by atoms with Crippen molar-refractivity contribution < 1.29 is 22.7 Å². The van der Waals surface area contributed by atoms with Gasteiger partial charge in [0.2, 0.25) is 0 Å². The highest BCUT2D eigenvalue weighted by atomic mass is 35.5. The number of carbonyl (C=O) groups is 2. The molecule has 1 aromatic carbocycles. The largest absolute Gasteiger partial charge is 0.449 e. The summed E-state index contributed by atoms with van der Waals surface area (Å²) in [5.74, 6) is 0.970. The molecule has 5 atom stereocenters. The van der Waals surface area contributed by atoms with E-state index in [0.29, 0.717) is 11.8 Å². The highest BCUT2D eigenvalue weighted by molar-refractivity contribution is 7.93. The number of anilines is 1. The van der Waals surface area contributed by atoms with Crippen LogP contribution < -0.4 is 10.0 Å². The zero-order valence-electron chi connectivity index (χ0n) is 18.7. The molecule has 2 fully saturated rings. The molecule has 1 aromatic heterocycles. The lowest BCUT2D eigenvalue weighted by Gasteiger charge is -2.29. The van der Waals surface area contributed by atoms with Gasteiger partial charge in [0, 0.05) is 11.7 Å². The van der Waals surface area contributed by atoms with Crippen LogP contribution in [0.3, 0.4) is 0 Å². The van der Waals surface area contributed by atoms with Gasteiger partial charge in [-0.3, -0.25) is 9.52 Å². The van der Waals surface area contributed by atoms with E-state index in [2.05, 4.69) is 10.0 Å². The lowest BCUT2D eigenvalue weighted by atomic mass is 9.84. The number of esters is 1. The zero-order chi connectivity index (χ0) is 24.6. The Morgan fingerprint density at radius 2 is 1.82 bits per heavy atom. The topological polar surface area (TPSA) is 102 Å². The minimum Gasteiger partial charge on any atom is -0.449 e. The molecule has 2 aliphatic carbocycles. The molecule has 2 bridgehead atoms. The number of carbonyl (C=O) groups excluding carboxylic acids is 2. The van der Waals surface area contributed by atoms with Crippen LogP contribution in [0.5, 0.6) is 0 Å². The number of hydrogen-bond donors (Lipinski definition) is 2. The second kappa shape index (κ2) is 10.0. The molecule has 0 radical (unpaired) electrons. The van der Waals surface area contributed by atoms with Gasteiger partial charge < -0.3 is 10.1 Å². The fraction of sp³-hybridized carbons (Fsp3) is 0.478. The van der Waals surface area contributed by atoms with E-state index in [4.69, 9.17) is 27.9 Å². The molecule has 1 amide bonds. The van der Waals surface area contributed by atoms with Crippen LogP contribution in [-0.2, 0) is 19.6 Å². The number of halogens is 2. The van der Waals surface area contributed by atoms with E-state index in [1.807, 2.05) is 6.92 Å². The first-order chi connectivity index (χ1) is 16.0. The molecule has 2 N–H and O–H groups in total. The fourth-order valence-electron chi connectivity index (χ4n) is 5.03. The van der Waals surface area contributed by atoms with Gasteiger partial charge in [0.05, 0.1) is 9.90 Å². The molecule has 2 saturated carbocycles. The molecule has 4 rings (SSSR count). The summed E-state index contributed by atoms with van der Waals surface area (Å²) in [7, 11) is -3.93. The van der Waals surface area contributed by atoms with Crippen LogP contribution in [0, 0.1) is 17.8 Å². The van der Waals surface area contributed by atoms with Crippen LogP contribution in [0.25, 0.3) is 0 Å². The van der Waals surface area contributed by atoms with Gasteiger partial charge in [-0.2, -0.15) is 0 Å². The van der Waals surface area contributed by atoms with Gasteiger partial charge in [0.15, 0.2) is 6.10 Å². The quantitative estimate of drug-likeness (QED) is 0.436. The van der Waals surface area contributed by atoms with E-state index < -0.39 is 22.1 Å². The second-order valence-electron chi connectivity index (χ2n) is 9.05. The molecule has 11 heteroatoms. The first kappa shape index (κ1) is 25.3. The number of thiophene rings is 1. The summed E-state index contributed by atoms with van der Waals surface area (Å²) in [6.45, 7) is 3.56. The Labute approximate surface area is 213 Å². The van der Waals surface area contributed by atoms with Gasteiger partial charge in [0.1, 0.15) is 9.23 Å². The molecule has 0 unspecified atom stereocenters. The van der Waals surface area contributed by atoms with Crippen molar-refractivity contribution in [1.29, 1.82) is 0 Å². The third kappa shape index (κ3) is 5.53. The van der Waals surface area contributed by atoms with E-state index in [0.717, 1.165) is 23.7 Å². The predicted molar refractivity (Wildman–Crippen MR) is 133 cm³/mol. The number of nitrogens with one attached hydrogen (secondary N) is 2. The predicted octanol–water partition coefficient (Wildman–Crippen LogP) is 5.34. The Morgan fingerprint density at radius 3 is 2.38 bits per heavy atom. The molecule has 7 nitrogen and oxygen atoms in total. The van der Waals surface area contributed by atoms with Crippen molar-refractivity contribution in [3.8, 4) is 0 Å². The third-order valence-corrected chi connectivity index (χ3v) is 9.88. The van der Waals surface area contributed by atoms with Gasteiger partial charge in [-0.15, -0.1) is 11.3 Å². The first-order valence-electron chi connectivity index (χ1n) is 11.1. The first-order valence-corrected chi connectivity index (χ1v) is 14.2. The van der Waals surface area contributed by atoms with Gasteiger partial charge in [-0.05, 0) is 81.2 Å². The Hall–Kier alpha value is -1.81. The van der Waals surface area contributed by atoms with Gasteiger partial charge >= 0.3 is 5.97 Å². The maximum Gasteiger partial charge on any atom is 0.338 e. The molecule has 0 spiro atoms. The standard InChI is InChI=1S/C23H26Cl2N2O5S2/c1-12(18-10-14-3-4-16(18)9-14)26-22(28)13(2)32-23(29)15-5-7-17(8-6-15)27-34(30,31)19-11-20(24)33-21(19)25/h5-8,11-14,16,18,27H,3-4,9-10H2,1-2H3,(H,26,28)/t12-,13-,14-,16-,18+/m0/s1. The molecule has 0 saturated heterocycles. The lowest BCUT2D eigenvalue weighted by molar-refractivity contribution is -0.130. The smallest absolute Gasteiger partial charge is 0.338 e. The van der Waals surface area contributed by atoms with Crippen LogP contribution in [0.1, 0.15) is 49.9 Å². The Bertz CT molecular complexity index is 1180. The average molecular weight is 546 g/mol. The van der Waals surface area contributed by atoms with Crippen LogP contribution in [0.4, 0.5) is 5.69 Å². The summed E-state index contributed by atoms with van der Waals surface area (Å²) in [5, 5.41) is 3.01. The number of hydrogen-bond acceptors (Lipinski definition) is 6. The van der Waals surface area contributed by atoms with Crippen LogP contribution in [0.15, 0.2) is 35.2 Å². The van der Waals surface area contributed by atoms with Crippen molar-refractivity contribution in [3.05, 3.63) is 44.6 Å². The molecule has 2 aromatic rings. The van der Waals surface area contributed by atoms with Crippen molar-refractivity contribution in [2.75, 3.05) is 4.72 Å². The monoisotopic (exact) mass is 544 g/mol. The molecule has 2 aliphatic rings. The van der Waals surface area contributed by atoms with Crippen LogP contribution in [-0.4, -0.2) is 32.4 Å². The van der Waals surface area contributed by atoms with Crippen molar-refractivity contribution in [1.82, 2.24) is 5.32 Å². The van der Waals surface area contributed by atoms with Crippen molar-refractivity contribution in [2.45, 2.75) is 56.6 Å². The second-order valence-corrected chi connectivity index (χ2v) is 13.0. The number of rotatable bonds is 8. The summed E-state index contributed by atoms with van der Waals surface area (Å²) < 4.78 is 33.1. The fourth-order valence-corrected chi connectivity index (χ4v) is 8.24. The van der Waals surface area contributed by atoms with E-state index in [-0.39, 0.29) is 36.8 Å². The normalized spacial score (nSPS) is 23.4. The number of benzene rings is 1. The Kier molecular flexibility index (Phi) is 7.47. The highest BCUT2D eigenvalue weighted by Gasteiger charge is 2.42. The van der Waals surface area contributed by atoms with Crippen molar-refractivity contribution in [3.63, 3.8) is 0 Å². The molecule has 1 heterocycles. The summed E-state index contributed by atoms with van der Waals surface area (Å²) in [6.07, 6.45) is 4.00. The molecule has 34 heavy (non-hydrogen) atoms. The minimum atomic E-state index is -3.93. The Balaban J connectivity index is 1.31. The van der Waals surface area contributed by atoms with Crippen molar-refractivity contribution in [2.24, 2.45) is 17.8 Å². The van der Waals surface area contributed by atoms with E-state index >= 15 is 0 Å². The van der Waals surface area contributed by atoms with Crippen molar-refractivity contribution >= 4 is 62.1 Å². The van der Waals surface area contributed by atoms with E-state index in [9.17, 15) is 18.0 Å². The van der Waals surface area contributed by atoms with Gasteiger partial charge in [-0.1, -0.05) is 29.6 Å². The summed E-state index contributed by atoms with van der Waals surface area (Å²) in [5.41, 5.74) is 0.431. The van der Waals surface area contributed by atoms with E-state index in [1.54, 1.807) is 6.92 Å². The van der Waals surface area contributed by atoms with Crippen LogP contribution in [0.2, 0.25) is 8.67 Å². The molecule has 184 valence electrons. The number of sulfonamides is 1. The SMILES string of the molecule is C[C@H](OC(=O)c1ccc(NS(=O)(=O)c2cc(Cl)sc2Cl)cc1)C(=O)N[C@@H](C)[C@H]1C[C@H]2CC[C@H]1C2. The Morgan fingerprint density at radius 1 is 1.12 bits per heavy atom.